The maximum absolute atomic E-state index is 13.0. The molecule has 4 rings (SSSR count). The second-order valence-electron chi connectivity index (χ2n) is 8.23. The van der Waals surface area contributed by atoms with Crippen LogP contribution < -0.4 is 10.1 Å². The standard InChI is InChI=1S/C25H27N3O4/c1-32-23-14-22(28-21-9-5-4-8-19(21)23)24(29)27-18-7-3-2-6-16(10-12-18)20-13-11-17(15-26-20)25(30)31/h4-5,8-9,11,13-16,18H,2-3,6-7,10,12H2,1H3,(H,27,29)(H,30,31). The van der Waals surface area contributed by atoms with Crippen LogP contribution in [0.3, 0.4) is 0 Å². The molecule has 32 heavy (non-hydrogen) atoms. The maximum Gasteiger partial charge on any atom is 0.337 e. The zero-order chi connectivity index (χ0) is 22.5. The van der Waals surface area contributed by atoms with Crippen LogP contribution >= 0.6 is 0 Å². The summed E-state index contributed by atoms with van der Waals surface area (Å²) < 4.78 is 5.47. The van der Waals surface area contributed by atoms with Gasteiger partial charge in [-0.3, -0.25) is 9.78 Å². The van der Waals surface area contributed by atoms with Crippen LogP contribution in [-0.2, 0) is 0 Å². The molecule has 1 fully saturated rings. The second kappa shape index (κ2) is 9.77. The Labute approximate surface area is 186 Å². The molecule has 7 heteroatoms. The van der Waals surface area contributed by atoms with E-state index in [0.29, 0.717) is 11.4 Å². The Morgan fingerprint density at radius 3 is 2.62 bits per heavy atom. The number of carboxylic acid groups (broad SMARTS) is 1. The minimum Gasteiger partial charge on any atom is -0.496 e. The number of nitrogens with one attached hydrogen (secondary N) is 1. The molecule has 1 saturated carbocycles. The van der Waals surface area contributed by atoms with Gasteiger partial charge in [-0.15, -0.1) is 0 Å². The number of rotatable bonds is 5. The molecule has 1 amide bonds. The molecular weight excluding hydrogens is 406 g/mol. The molecule has 1 aliphatic carbocycles. The zero-order valence-corrected chi connectivity index (χ0v) is 18.1. The summed E-state index contributed by atoms with van der Waals surface area (Å²) in [7, 11) is 1.59. The van der Waals surface area contributed by atoms with Gasteiger partial charge >= 0.3 is 5.97 Å². The van der Waals surface area contributed by atoms with Crippen LogP contribution in [0.4, 0.5) is 0 Å². The molecule has 3 aromatic rings. The van der Waals surface area contributed by atoms with Crippen LogP contribution in [0.15, 0.2) is 48.7 Å². The van der Waals surface area contributed by atoms with Gasteiger partial charge in [0, 0.05) is 35.3 Å². The van der Waals surface area contributed by atoms with Crippen LogP contribution in [-0.4, -0.2) is 40.1 Å². The van der Waals surface area contributed by atoms with Crippen LogP contribution in [0.5, 0.6) is 5.75 Å². The van der Waals surface area contributed by atoms with E-state index in [4.69, 9.17) is 9.84 Å². The zero-order valence-electron chi connectivity index (χ0n) is 18.1. The van der Waals surface area contributed by atoms with Crippen LogP contribution in [0.2, 0.25) is 0 Å². The lowest BCUT2D eigenvalue weighted by molar-refractivity contribution is 0.0696. The first-order valence-corrected chi connectivity index (χ1v) is 11.0. The topological polar surface area (TPSA) is 101 Å². The van der Waals surface area contributed by atoms with Gasteiger partial charge in [-0.2, -0.15) is 0 Å². The Hall–Kier alpha value is -3.48. The van der Waals surface area contributed by atoms with Gasteiger partial charge in [0.05, 0.1) is 18.2 Å². The number of pyridine rings is 2. The average molecular weight is 434 g/mol. The number of hydrogen-bond acceptors (Lipinski definition) is 5. The highest BCUT2D eigenvalue weighted by atomic mass is 16.5. The van der Waals surface area contributed by atoms with Gasteiger partial charge in [0.15, 0.2) is 0 Å². The summed E-state index contributed by atoms with van der Waals surface area (Å²) in [5.41, 5.74) is 2.20. The van der Waals surface area contributed by atoms with E-state index in [0.717, 1.165) is 55.1 Å². The third kappa shape index (κ3) is 4.88. The molecule has 0 aliphatic heterocycles. The van der Waals surface area contributed by atoms with Gasteiger partial charge in [0.25, 0.3) is 5.91 Å². The molecule has 0 spiro atoms. The van der Waals surface area contributed by atoms with Gasteiger partial charge in [-0.05, 0) is 49.9 Å². The number of nitrogens with zero attached hydrogens (tertiary/aromatic N) is 2. The summed E-state index contributed by atoms with van der Waals surface area (Å²) >= 11 is 0. The molecule has 2 unspecified atom stereocenters. The number of fused-ring (bicyclic) bond motifs is 1. The summed E-state index contributed by atoms with van der Waals surface area (Å²) in [5.74, 6) is -0.269. The van der Waals surface area contributed by atoms with E-state index < -0.39 is 5.97 Å². The van der Waals surface area contributed by atoms with Crippen molar-refractivity contribution < 1.29 is 19.4 Å². The molecule has 1 aliphatic rings. The Kier molecular flexibility index (Phi) is 6.63. The number of methoxy groups -OCH3 is 1. The molecule has 0 saturated heterocycles. The molecule has 2 N–H and O–H groups in total. The lowest BCUT2D eigenvalue weighted by Crippen LogP contribution is -2.36. The highest BCUT2D eigenvalue weighted by Crippen LogP contribution is 2.30. The lowest BCUT2D eigenvalue weighted by Gasteiger charge is -2.25. The van der Waals surface area contributed by atoms with Crippen molar-refractivity contribution in [1.29, 1.82) is 0 Å². The summed E-state index contributed by atoms with van der Waals surface area (Å²) in [6.45, 7) is 0. The van der Waals surface area contributed by atoms with Crippen molar-refractivity contribution in [3.05, 3.63) is 65.6 Å². The van der Waals surface area contributed by atoms with Crippen molar-refractivity contribution in [3.63, 3.8) is 0 Å². The van der Waals surface area contributed by atoms with E-state index in [9.17, 15) is 9.59 Å². The molecule has 2 heterocycles. The first kappa shape index (κ1) is 21.7. The first-order chi connectivity index (χ1) is 15.5. The predicted octanol–water partition coefficient (Wildman–Crippen LogP) is 4.57. The molecule has 2 aromatic heterocycles. The molecule has 7 nitrogen and oxygen atoms in total. The van der Waals surface area contributed by atoms with E-state index in [-0.39, 0.29) is 23.4 Å². The Bertz CT molecular complexity index is 1110. The Morgan fingerprint density at radius 2 is 1.88 bits per heavy atom. The number of carboxylic acids is 1. The summed E-state index contributed by atoms with van der Waals surface area (Å²) in [4.78, 5) is 33.0. The number of carbonyl (C=O) groups excluding carboxylic acids is 1. The normalized spacial score (nSPS) is 19.0. The number of carbonyl (C=O) groups is 2. The summed E-state index contributed by atoms with van der Waals surface area (Å²) in [6.07, 6.45) is 7.15. The molecule has 0 radical (unpaired) electrons. The molecule has 1 aromatic carbocycles. The van der Waals surface area contributed by atoms with Gasteiger partial charge in [0.2, 0.25) is 0 Å². The van der Waals surface area contributed by atoms with Gasteiger partial charge in [-0.1, -0.05) is 25.0 Å². The number of amides is 1. The van der Waals surface area contributed by atoms with E-state index in [1.807, 2.05) is 30.3 Å². The van der Waals surface area contributed by atoms with Crippen molar-refractivity contribution in [3.8, 4) is 5.75 Å². The first-order valence-electron chi connectivity index (χ1n) is 11.0. The van der Waals surface area contributed by atoms with Crippen molar-refractivity contribution in [2.75, 3.05) is 7.11 Å². The maximum atomic E-state index is 13.0. The molecule has 2 atom stereocenters. The summed E-state index contributed by atoms with van der Waals surface area (Å²) in [6, 6.07) is 12.8. The second-order valence-corrected chi connectivity index (χ2v) is 8.23. The van der Waals surface area contributed by atoms with E-state index >= 15 is 0 Å². The highest BCUT2D eigenvalue weighted by Gasteiger charge is 2.22. The van der Waals surface area contributed by atoms with E-state index in [2.05, 4.69) is 15.3 Å². The van der Waals surface area contributed by atoms with Gasteiger partial charge in [-0.25, -0.2) is 9.78 Å². The van der Waals surface area contributed by atoms with Crippen LogP contribution in [0.1, 0.15) is 71.0 Å². The molecular formula is C25H27N3O4. The van der Waals surface area contributed by atoms with Crippen molar-refractivity contribution >= 4 is 22.8 Å². The number of para-hydroxylation sites is 1. The van der Waals surface area contributed by atoms with Crippen LogP contribution in [0, 0.1) is 0 Å². The lowest BCUT2D eigenvalue weighted by atomic mass is 9.86. The average Bonchev–Trinajstić information content (AvgIpc) is 2.80. The molecule has 0 bridgehead atoms. The minimum atomic E-state index is -0.969. The quantitative estimate of drug-likeness (QED) is 0.611. The minimum absolute atomic E-state index is 0.0582. The highest BCUT2D eigenvalue weighted by molar-refractivity contribution is 5.97. The fraction of sp³-hybridized carbons (Fsp3) is 0.360. The molecule has 166 valence electrons. The fourth-order valence-electron chi connectivity index (χ4n) is 4.37. The number of ether oxygens (including phenoxy) is 1. The number of hydrogen-bond donors (Lipinski definition) is 2. The number of aromatic nitrogens is 2. The number of benzene rings is 1. The monoisotopic (exact) mass is 433 g/mol. The van der Waals surface area contributed by atoms with Crippen molar-refractivity contribution in [2.45, 2.75) is 50.5 Å². The third-order valence-electron chi connectivity index (χ3n) is 6.14. The largest absolute Gasteiger partial charge is 0.496 e. The number of aromatic carboxylic acids is 1. The smallest absolute Gasteiger partial charge is 0.337 e. The third-order valence-corrected chi connectivity index (χ3v) is 6.14. The van der Waals surface area contributed by atoms with Crippen molar-refractivity contribution in [1.82, 2.24) is 15.3 Å². The van der Waals surface area contributed by atoms with E-state index in [1.54, 1.807) is 19.2 Å². The van der Waals surface area contributed by atoms with E-state index in [1.165, 1.54) is 6.20 Å². The SMILES string of the molecule is COc1cc(C(=O)NC2CCCCC(c3ccc(C(=O)O)cn3)CC2)nc2ccccc12. The van der Waals surface area contributed by atoms with Crippen molar-refractivity contribution in [2.24, 2.45) is 0 Å². The fourth-order valence-corrected chi connectivity index (χ4v) is 4.37. The van der Waals surface area contributed by atoms with Gasteiger partial charge in [0.1, 0.15) is 11.4 Å². The van der Waals surface area contributed by atoms with Crippen LogP contribution in [0.25, 0.3) is 10.9 Å². The Balaban J connectivity index is 1.44. The Morgan fingerprint density at radius 1 is 1.06 bits per heavy atom. The summed E-state index contributed by atoms with van der Waals surface area (Å²) in [5, 5.41) is 13.1. The van der Waals surface area contributed by atoms with Gasteiger partial charge < -0.3 is 15.2 Å². The predicted molar refractivity (Wildman–Crippen MR) is 121 cm³/mol.